The number of nitrogens with one attached hydrogen (secondary N) is 2. The van der Waals surface area contributed by atoms with Crippen molar-refractivity contribution in [3.05, 3.63) is 95.8 Å². The number of benzene rings is 3. The zero-order chi connectivity index (χ0) is 32.3. The molecule has 2 heterocycles. The normalized spacial score (nSPS) is 14.2. The Labute approximate surface area is 260 Å². The topological polar surface area (TPSA) is 118 Å². The molecule has 4 aromatic rings. The third-order valence-corrected chi connectivity index (χ3v) is 7.57. The number of anilines is 3. The van der Waals surface area contributed by atoms with Crippen molar-refractivity contribution in [1.82, 2.24) is 9.78 Å². The molecule has 3 aromatic carbocycles. The summed E-state index contributed by atoms with van der Waals surface area (Å²) in [5.74, 6) is -0.771. The highest BCUT2D eigenvalue weighted by molar-refractivity contribution is 8.15. The van der Waals surface area contributed by atoms with Crippen LogP contribution in [0.5, 0.6) is 5.75 Å². The van der Waals surface area contributed by atoms with E-state index in [4.69, 9.17) is 0 Å². The SMILES string of the molecule is Cc1nn(-c2ccc(NC(=O)N=C3SCC(=O)N3c3ccccc3C(C)C)cc2)cc1NC(=O)c1ccc(OC(F)(F)F)cc1. The number of amidine groups is 1. The number of hydrogen-bond acceptors (Lipinski definition) is 6. The van der Waals surface area contributed by atoms with E-state index in [0.29, 0.717) is 33.6 Å². The second kappa shape index (κ2) is 12.9. The number of carbonyl (C=O) groups excluding carboxylic acids is 3. The number of urea groups is 1. The first kappa shape index (κ1) is 31.3. The van der Waals surface area contributed by atoms with Crippen molar-refractivity contribution in [3.8, 4) is 11.4 Å². The molecule has 0 aliphatic carbocycles. The lowest BCUT2D eigenvalue weighted by Gasteiger charge is -2.21. The Morgan fingerprint density at radius 3 is 2.36 bits per heavy atom. The van der Waals surface area contributed by atoms with Crippen LogP contribution in [-0.2, 0) is 4.79 Å². The number of hydrogen-bond donors (Lipinski definition) is 2. The zero-order valence-electron chi connectivity index (χ0n) is 24.3. The van der Waals surface area contributed by atoms with Crippen LogP contribution in [0.1, 0.15) is 41.4 Å². The Hall–Kier alpha value is -5.11. The lowest BCUT2D eigenvalue weighted by atomic mass is 10.0. The van der Waals surface area contributed by atoms with Crippen molar-refractivity contribution >= 4 is 51.8 Å². The molecule has 1 saturated heterocycles. The van der Waals surface area contributed by atoms with Crippen molar-refractivity contribution in [1.29, 1.82) is 0 Å². The van der Waals surface area contributed by atoms with Crippen LogP contribution in [0.25, 0.3) is 5.69 Å². The first-order valence-corrected chi connectivity index (χ1v) is 14.6. The van der Waals surface area contributed by atoms with E-state index in [-0.39, 0.29) is 23.1 Å². The van der Waals surface area contributed by atoms with Gasteiger partial charge in [-0.1, -0.05) is 43.8 Å². The lowest BCUT2D eigenvalue weighted by molar-refractivity contribution is -0.274. The van der Waals surface area contributed by atoms with Crippen molar-refractivity contribution in [3.63, 3.8) is 0 Å². The Kier molecular flexibility index (Phi) is 8.95. The molecular formula is C31H27F3N6O4S. The maximum atomic E-state index is 12.8. The van der Waals surface area contributed by atoms with Gasteiger partial charge in [-0.2, -0.15) is 10.1 Å². The van der Waals surface area contributed by atoms with Gasteiger partial charge in [-0.05, 0) is 73.0 Å². The Balaban J connectivity index is 1.24. The minimum Gasteiger partial charge on any atom is -0.406 e. The van der Waals surface area contributed by atoms with E-state index >= 15 is 0 Å². The molecular weight excluding hydrogens is 609 g/mol. The average Bonchev–Trinajstić information content (AvgIpc) is 3.53. The number of alkyl halides is 3. The van der Waals surface area contributed by atoms with Gasteiger partial charge in [0.2, 0.25) is 5.91 Å². The minimum atomic E-state index is -4.83. The first-order chi connectivity index (χ1) is 21.4. The summed E-state index contributed by atoms with van der Waals surface area (Å²) < 4.78 is 42.5. The monoisotopic (exact) mass is 636 g/mol. The Morgan fingerprint density at radius 2 is 1.69 bits per heavy atom. The predicted molar refractivity (Wildman–Crippen MR) is 166 cm³/mol. The summed E-state index contributed by atoms with van der Waals surface area (Å²) in [4.78, 5) is 43.8. The number of para-hydroxylation sites is 1. The molecule has 0 unspecified atom stereocenters. The van der Waals surface area contributed by atoms with E-state index in [1.54, 1.807) is 37.4 Å². The van der Waals surface area contributed by atoms with Crippen LogP contribution in [0.2, 0.25) is 0 Å². The van der Waals surface area contributed by atoms with Gasteiger partial charge in [0.25, 0.3) is 5.91 Å². The van der Waals surface area contributed by atoms with E-state index in [1.807, 2.05) is 38.1 Å². The predicted octanol–water partition coefficient (Wildman–Crippen LogP) is 7.12. The van der Waals surface area contributed by atoms with Gasteiger partial charge in [-0.15, -0.1) is 13.2 Å². The van der Waals surface area contributed by atoms with Gasteiger partial charge in [0.05, 0.1) is 34.7 Å². The van der Waals surface area contributed by atoms with Gasteiger partial charge >= 0.3 is 12.4 Å². The molecule has 0 saturated carbocycles. The summed E-state index contributed by atoms with van der Waals surface area (Å²) in [6.07, 6.45) is -3.24. The van der Waals surface area contributed by atoms with Crippen LogP contribution in [0.15, 0.2) is 84.0 Å². The fourth-order valence-corrected chi connectivity index (χ4v) is 5.37. The van der Waals surface area contributed by atoms with Gasteiger partial charge in [0.15, 0.2) is 5.17 Å². The second-order valence-electron chi connectivity index (χ2n) is 10.2. The number of halogens is 3. The molecule has 10 nitrogen and oxygen atoms in total. The van der Waals surface area contributed by atoms with Crippen molar-refractivity contribution < 1.29 is 32.3 Å². The average molecular weight is 637 g/mol. The number of rotatable bonds is 7. The number of nitrogens with zero attached hydrogens (tertiary/aromatic N) is 4. The van der Waals surface area contributed by atoms with Crippen molar-refractivity contribution in [2.75, 3.05) is 21.3 Å². The first-order valence-electron chi connectivity index (χ1n) is 13.7. The fourth-order valence-electron chi connectivity index (χ4n) is 4.51. The molecule has 0 atom stereocenters. The number of aliphatic imine (C=N–C) groups is 1. The standard InChI is InChI=1S/C31H27F3N6O4S/c1-18(2)24-6-4-5-7-26(24)40-27(41)17-45-30(40)37-29(43)35-21-10-12-22(13-11-21)39-16-25(19(3)38-39)36-28(42)20-8-14-23(15-9-20)44-31(32,33)34/h4-16,18H,17H2,1-3H3,(H,35,43)(H,36,42). The fraction of sp³-hybridized carbons (Fsp3) is 0.194. The number of thioether (sulfide) groups is 1. The molecule has 45 heavy (non-hydrogen) atoms. The lowest BCUT2D eigenvalue weighted by Crippen LogP contribution is -2.31. The Morgan fingerprint density at radius 1 is 1.00 bits per heavy atom. The Bertz CT molecular complexity index is 1770. The summed E-state index contributed by atoms with van der Waals surface area (Å²) in [6, 6.07) is 18.2. The third kappa shape index (κ3) is 7.52. The molecule has 1 aliphatic heterocycles. The second-order valence-corrected chi connectivity index (χ2v) is 11.1. The van der Waals surface area contributed by atoms with Crippen LogP contribution in [0, 0.1) is 6.92 Å². The molecule has 0 radical (unpaired) electrons. The van der Waals surface area contributed by atoms with Gasteiger partial charge in [0, 0.05) is 11.3 Å². The highest BCUT2D eigenvalue weighted by Gasteiger charge is 2.32. The van der Waals surface area contributed by atoms with Crippen LogP contribution < -0.4 is 20.3 Å². The largest absolute Gasteiger partial charge is 0.573 e. The summed E-state index contributed by atoms with van der Waals surface area (Å²) in [6.45, 7) is 5.75. The molecule has 5 rings (SSSR count). The number of ether oxygens (including phenoxy) is 1. The summed E-state index contributed by atoms with van der Waals surface area (Å²) in [7, 11) is 0. The number of amides is 4. The van der Waals surface area contributed by atoms with E-state index in [2.05, 4.69) is 25.5 Å². The van der Waals surface area contributed by atoms with Crippen molar-refractivity contribution in [2.24, 2.45) is 4.99 Å². The molecule has 4 amide bonds. The highest BCUT2D eigenvalue weighted by atomic mass is 32.2. The smallest absolute Gasteiger partial charge is 0.406 e. The van der Waals surface area contributed by atoms with E-state index < -0.39 is 24.1 Å². The molecule has 0 spiro atoms. The van der Waals surface area contributed by atoms with E-state index in [1.165, 1.54) is 33.5 Å². The van der Waals surface area contributed by atoms with Gasteiger partial charge < -0.3 is 15.4 Å². The number of aryl methyl sites for hydroxylation is 1. The van der Waals surface area contributed by atoms with Crippen LogP contribution in [-0.4, -0.2) is 44.9 Å². The summed E-state index contributed by atoms with van der Waals surface area (Å²) in [5, 5.41) is 10.1. The summed E-state index contributed by atoms with van der Waals surface area (Å²) in [5.41, 5.74) is 3.81. The molecule has 2 N–H and O–H groups in total. The number of aromatic nitrogens is 2. The van der Waals surface area contributed by atoms with Crippen LogP contribution in [0.3, 0.4) is 0 Å². The van der Waals surface area contributed by atoms with Crippen LogP contribution in [0.4, 0.5) is 35.0 Å². The third-order valence-electron chi connectivity index (χ3n) is 6.64. The van der Waals surface area contributed by atoms with E-state index in [9.17, 15) is 27.6 Å². The van der Waals surface area contributed by atoms with Gasteiger partial charge in [-0.25, -0.2) is 9.48 Å². The molecule has 0 bridgehead atoms. The van der Waals surface area contributed by atoms with Gasteiger partial charge in [0.1, 0.15) is 5.75 Å². The minimum absolute atomic E-state index is 0.132. The maximum Gasteiger partial charge on any atom is 0.573 e. The van der Waals surface area contributed by atoms with Gasteiger partial charge in [-0.3, -0.25) is 14.5 Å². The molecule has 232 valence electrons. The molecule has 1 aliphatic rings. The van der Waals surface area contributed by atoms with Crippen LogP contribution >= 0.6 is 11.8 Å². The van der Waals surface area contributed by atoms with Crippen molar-refractivity contribution in [2.45, 2.75) is 33.1 Å². The molecule has 14 heteroatoms. The quantitative estimate of drug-likeness (QED) is 0.223. The highest BCUT2D eigenvalue weighted by Crippen LogP contribution is 2.33. The van der Waals surface area contributed by atoms with E-state index in [0.717, 1.165) is 17.7 Å². The molecule has 1 aromatic heterocycles. The maximum absolute atomic E-state index is 12.8. The zero-order valence-corrected chi connectivity index (χ0v) is 25.1. The molecule has 1 fully saturated rings. The summed E-state index contributed by atoms with van der Waals surface area (Å²) >= 11 is 1.20. The number of carbonyl (C=O) groups is 3.